The van der Waals surface area contributed by atoms with Gasteiger partial charge >= 0.3 is 0 Å². The quantitative estimate of drug-likeness (QED) is 0.597. The molecule has 0 aromatic heterocycles. The van der Waals surface area contributed by atoms with Crippen molar-refractivity contribution in [2.45, 2.75) is 11.8 Å². The molecule has 0 heterocycles. The summed E-state index contributed by atoms with van der Waals surface area (Å²) in [7, 11) is -2.61. The molecule has 0 aliphatic rings. The van der Waals surface area contributed by atoms with Crippen LogP contribution in [0.15, 0.2) is 41.3 Å². The molecule has 2 aromatic carbocycles. The molecule has 23 heavy (non-hydrogen) atoms. The molecule has 0 aliphatic heterocycles. The Hall–Kier alpha value is -1.83. The van der Waals surface area contributed by atoms with Crippen LogP contribution in [0, 0.1) is 17.0 Å². The molecule has 9 heteroatoms. The van der Waals surface area contributed by atoms with E-state index in [9.17, 15) is 18.5 Å². The van der Waals surface area contributed by atoms with Gasteiger partial charge in [0.05, 0.1) is 15.6 Å². The van der Waals surface area contributed by atoms with Gasteiger partial charge < -0.3 is 0 Å². The monoisotopic (exact) mass is 374 g/mol. The standard InChI is InChI=1S/C14H12Cl2N2O4S/c1-9-7-11(18(19)20)4-6-13(9)17(2)23(21,22)14-8-10(15)3-5-12(14)16/h3-8H,1-2H3. The van der Waals surface area contributed by atoms with Crippen molar-refractivity contribution in [1.82, 2.24) is 0 Å². The van der Waals surface area contributed by atoms with Crippen LogP contribution in [-0.4, -0.2) is 20.4 Å². The van der Waals surface area contributed by atoms with E-state index in [1.54, 1.807) is 6.92 Å². The van der Waals surface area contributed by atoms with E-state index >= 15 is 0 Å². The highest BCUT2D eigenvalue weighted by Crippen LogP contribution is 2.32. The maximum absolute atomic E-state index is 12.7. The molecule has 0 radical (unpaired) electrons. The van der Waals surface area contributed by atoms with E-state index in [1.165, 1.54) is 43.4 Å². The zero-order valence-electron chi connectivity index (χ0n) is 12.2. The fourth-order valence-corrected chi connectivity index (χ4v) is 4.05. The van der Waals surface area contributed by atoms with E-state index in [1.807, 2.05) is 0 Å². The van der Waals surface area contributed by atoms with Gasteiger partial charge in [-0.15, -0.1) is 0 Å². The van der Waals surface area contributed by atoms with Gasteiger partial charge in [0.15, 0.2) is 0 Å². The molecule has 122 valence electrons. The highest BCUT2D eigenvalue weighted by molar-refractivity contribution is 7.93. The van der Waals surface area contributed by atoms with E-state index in [0.717, 1.165) is 4.31 Å². The van der Waals surface area contributed by atoms with Gasteiger partial charge in [-0.3, -0.25) is 14.4 Å². The second-order valence-electron chi connectivity index (χ2n) is 4.78. The number of benzene rings is 2. The molecule has 0 saturated heterocycles. The Labute approximate surface area is 143 Å². The number of aryl methyl sites for hydroxylation is 1. The van der Waals surface area contributed by atoms with Gasteiger partial charge in [0.1, 0.15) is 4.90 Å². The average Bonchev–Trinajstić information content (AvgIpc) is 2.48. The van der Waals surface area contributed by atoms with Gasteiger partial charge in [0.25, 0.3) is 15.7 Å². The minimum Gasteiger partial charge on any atom is -0.269 e. The molecule has 0 fully saturated rings. The summed E-state index contributed by atoms with van der Waals surface area (Å²) >= 11 is 11.8. The van der Waals surface area contributed by atoms with E-state index < -0.39 is 14.9 Å². The van der Waals surface area contributed by atoms with Gasteiger partial charge in [-0.05, 0) is 36.8 Å². The van der Waals surface area contributed by atoms with Crippen LogP contribution < -0.4 is 4.31 Å². The SMILES string of the molecule is Cc1cc([N+](=O)[O-])ccc1N(C)S(=O)(=O)c1cc(Cl)ccc1Cl. The number of nitro benzene ring substituents is 1. The van der Waals surface area contributed by atoms with Crippen LogP contribution in [0.5, 0.6) is 0 Å². The lowest BCUT2D eigenvalue weighted by Crippen LogP contribution is -2.27. The fraction of sp³-hybridized carbons (Fsp3) is 0.143. The highest BCUT2D eigenvalue weighted by atomic mass is 35.5. The minimum absolute atomic E-state index is 0.0424. The van der Waals surface area contributed by atoms with Crippen molar-refractivity contribution in [1.29, 1.82) is 0 Å². The summed E-state index contributed by atoms with van der Waals surface area (Å²) in [5.74, 6) is 0. The maximum atomic E-state index is 12.7. The number of nitro groups is 1. The smallest absolute Gasteiger partial charge is 0.269 e. The summed E-state index contributed by atoms with van der Waals surface area (Å²) in [5, 5.41) is 11.1. The molecule has 0 unspecified atom stereocenters. The van der Waals surface area contributed by atoms with E-state index in [-0.39, 0.29) is 20.6 Å². The molecule has 0 saturated carbocycles. The number of rotatable bonds is 4. The number of hydrogen-bond donors (Lipinski definition) is 0. The summed E-state index contributed by atoms with van der Waals surface area (Å²) in [5.41, 5.74) is 0.646. The van der Waals surface area contributed by atoms with Gasteiger partial charge in [-0.2, -0.15) is 0 Å². The van der Waals surface area contributed by atoms with Crippen molar-refractivity contribution >= 4 is 44.6 Å². The Bertz CT molecular complexity index is 884. The number of halogens is 2. The lowest BCUT2D eigenvalue weighted by Gasteiger charge is -2.22. The Morgan fingerprint density at radius 2 is 1.78 bits per heavy atom. The number of anilines is 1. The van der Waals surface area contributed by atoms with Crippen LogP contribution in [0.4, 0.5) is 11.4 Å². The highest BCUT2D eigenvalue weighted by Gasteiger charge is 2.26. The van der Waals surface area contributed by atoms with Crippen LogP contribution >= 0.6 is 23.2 Å². The molecule has 2 aromatic rings. The van der Waals surface area contributed by atoms with Crippen molar-refractivity contribution in [3.8, 4) is 0 Å². The Morgan fingerprint density at radius 3 is 2.35 bits per heavy atom. The van der Waals surface area contributed by atoms with Crippen molar-refractivity contribution < 1.29 is 13.3 Å². The number of hydrogen-bond acceptors (Lipinski definition) is 4. The van der Waals surface area contributed by atoms with E-state index in [4.69, 9.17) is 23.2 Å². The summed E-state index contributed by atoms with van der Waals surface area (Å²) in [4.78, 5) is 10.1. The molecule has 2 rings (SSSR count). The van der Waals surface area contributed by atoms with Gasteiger partial charge in [-0.25, -0.2) is 8.42 Å². The second-order valence-corrected chi connectivity index (χ2v) is 7.56. The molecule has 0 N–H and O–H groups in total. The Kier molecular flexibility index (Phi) is 4.84. The maximum Gasteiger partial charge on any atom is 0.269 e. The van der Waals surface area contributed by atoms with E-state index in [2.05, 4.69) is 0 Å². The second kappa shape index (κ2) is 6.35. The van der Waals surface area contributed by atoms with Gasteiger partial charge in [0, 0.05) is 24.2 Å². The van der Waals surface area contributed by atoms with Crippen LogP contribution in [0.1, 0.15) is 5.56 Å². The summed E-state index contributed by atoms with van der Waals surface area (Å²) < 4.78 is 26.5. The zero-order valence-corrected chi connectivity index (χ0v) is 14.5. The first-order valence-electron chi connectivity index (χ1n) is 6.33. The first kappa shape index (κ1) is 17.5. The van der Waals surface area contributed by atoms with Crippen molar-refractivity contribution in [3.63, 3.8) is 0 Å². The number of non-ortho nitro benzene ring substituents is 1. The minimum atomic E-state index is -3.95. The first-order valence-corrected chi connectivity index (χ1v) is 8.53. The topological polar surface area (TPSA) is 80.5 Å². The lowest BCUT2D eigenvalue weighted by atomic mass is 10.2. The average molecular weight is 375 g/mol. The zero-order chi connectivity index (χ0) is 17.4. The molecule has 6 nitrogen and oxygen atoms in total. The third-order valence-corrected chi connectivity index (χ3v) is 5.75. The Balaban J connectivity index is 2.53. The number of sulfonamides is 1. The molecule has 0 atom stereocenters. The van der Waals surface area contributed by atoms with E-state index in [0.29, 0.717) is 11.3 Å². The normalized spacial score (nSPS) is 11.3. The fourth-order valence-electron chi connectivity index (χ4n) is 2.06. The third-order valence-electron chi connectivity index (χ3n) is 3.26. The molecular weight excluding hydrogens is 363 g/mol. The van der Waals surface area contributed by atoms with Crippen molar-refractivity contribution in [2.75, 3.05) is 11.4 Å². The molecule has 0 aliphatic carbocycles. The van der Waals surface area contributed by atoms with Crippen molar-refractivity contribution in [3.05, 3.63) is 62.1 Å². The molecule has 0 bridgehead atoms. The lowest BCUT2D eigenvalue weighted by molar-refractivity contribution is -0.384. The summed E-state index contributed by atoms with van der Waals surface area (Å²) in [6.45, 7) is 1.59. The predicted molar refractivity (Wildman–Crippen MR) is 89.9 cm³/mol. The molecule has 0 amide bonds. The first-order chi connectivity index (χ1) is 10.6. The summed E-state index contributed by atoms with van der Waals surface area (Å²) in [6, 6.07) is 8.07. The van der Waals surface area contributed by atoms with Crippen LogP contribution in [-0.2, 0) is 10.0 Å². The van der Waals surface area contributed by atoms with Crippen molar-refractivity contribution in [2.24, 2.45) is 0 Å². The van der Waals surface area contributed by atoms with Crippen LogP contribution in [0.2, 0.25) is 10.0 Å². The van der Waals surface area contributed by atoms with Gasteiger partial charge in [-0.1, -0.05) is 23.2 Å². The predicted octanol–water partition coefficient (Wildman–Crippen LogP) is 4.04. The van der Waals surface area contributed by atoms with Crippen LogP contribution in [0.25, 0.3) is 0 Å². The molecular formula is C14H12Cl2N2O4S. The summed E-state index contributed by atoms with van der Waals surface area (Å²) in [6.07, 6.45) is 0. The number of nitrogens with zero attached hydrogens (tertiary/aromatic N) is 2. The largest absolute Gasteiger partial charge is 0.269 e. The van der Waals surface area contributed by atoms with Crippen LogP contribution in [0.3, 0.4) is 0 Å². The Morgan fingerprint density at radius 1 is 1.13 bits per heavy atom. The third kappa shape index (κ3) is 3.41. The van der Waals surface area contributed by atoms with Gasteiger partial charge in [0.2, 0.25) is 0 Å². The molecule has 0 spiro atoms.